The number of carbonyl (C=O) groups is 2. The molecule has 0 aliphatic carbocycles. The van der Waals surface area contributed by atoms with E-state index in [2.05, 4.69) is 4.74 Å². The number of aromatic hydroxyl groups is 1. The van der Waals surface area contributed by atoms with Crippen LogP contribution in [0.25, 0.3) is 10.8 Å². The van der Waals surface area contributed by atoms with Crippen molar-refractivity contribution < 1.29 is 19.4 Å². The number of amides is 1. The van der Waals surface area contributed by atoms with Crippen LogP contribution >= 0.6 is 0 Å². The summed E-state index contributed by atoms with van der Waals surface area (Å²) in [6.07, 6.45) is 0. The quantitative estimate of drug-likeness (QED) is 0.875. The monoisotopic (exact) mass is 287 g/mol. The Bertz CT molecular complexity index is 681. The van der Waals surface area contributed by atoms with Crippen LogP contribution < -0.4 is 0 Å². The zero-order valence-corrected chi connectivity index (χ0v) is 12.0. The molecule has 0 saturated carbocycles. The van der Waals surface area contributed by atoms with Crippen LogP contribution in [0.2, 0.25) is 0 Å². The van der Waals surface area contributed by atoms with Gasteiger partial charge >= 0.3 is 5.97 Å². The summed E-state index contributed by atoms with van der Waals surface area (Å²) in [6, 6.07) is 10.6. The molecule has 110 valence electrons. The molecule has 0 fully saturated rings. The fourth-order valence-electron chi connectivity index (χ4n) is 2.12. The van der Waals surface area contributed by atoms with Gasteiger partial charge in [-0.25, -0.2) is 0 Å². The smallest absolute Gasteiger partial charge is 0.325 e. The van der Waals surface area contributed by atoms with Gasteiger partial charge in [-0.15, -0.1) is 0 Å². The second-order valence-electron chi connectivity index (χ2n) is 4.61. The van der Waals surface area contributed by atoms with Gasteiger partial charge in [-0.1, -0.05) is 24.3 Å². The van der Waals surface area contributed by atoms with Gasteiger partial charge in [-0.05, 0) is 29.8 Å². The lowest BCUT2D eigenvalue weighted by molar-refractivity contribution is -0.141. The van der Waals surface area contributed by atoms with Crippen molar-refractivity contribution in [1.82, 2.24) is 4.90 Å². The van der Waals surface area contributed by atoms with Crippen molar-refractivity contribution in [2.45, 2.75) is 6.92 Å². The maximum atomic E-state index is 12.4. The number of fused-ring (bicyclic) bond motifs is 1. The SMILES string of the molecule is CCN(CC(=O)OC)C(=O)c1cc2ccccc2cc1O. The van der Waals surface area contributed by atoms with E-state index in [-0.39, 0.29) is 17.9 Å². The van der Waals surface area contributed by atoms with Crippen LogP contribution in [0.15, 0.2) is 36.4 Å². The molecule has 5 nitrogen and oxygen atoms in total. The molecule has 5 heteroatoms. The zero-order valence-electron chi connectivity index (χ0n) is 12.0. The number of carbonyl (C=O) groups excluding carboxylic acids is 2. The molecule has 0 spiro atoms. The molecule has 0 bridgehead atoms. The van der Waals surface area contributed by atoms with Crippen molar-refractivity contribution in [3.8, 4) is 5.75 Å². The normalized spacial score (nSPS) is 10.4. The number of ether oxygens (including phenoxy) is 1. The predicted molar refractivity (Wildman–Crippen MR) is 79.2 cm³/mol. The maximum absolute atomic E-state index is 12.4. The lowest BCUT2D eigenvalue weighted by atomic mass is 10.0. The van der Waals surface area contributed by atoms with Gasteiger partial charge in [0, 0.05) is 6.54 Å². The summed E-state index contributed by atoms with van der Waals surface area (Å²) < 4.78 is 4.57. The second-order valence-corrected chi connectivity index (χ2v) is 4.61. The average molecular weight is 287 g/mol. The summed E-state index contributed by atoms with van der Waals surface area (Å²) in [6.45, 7) is 1.97. The molecule has 2 aromatic rings. The summed E-state index contributed by atoms with van der Waals surface area (Å²) in [4.78, 5) is 25.1. The van der Waals surface area contributed by atoms with Crippen molar-refractivity contribution >= 4 is 22.6 Å². The van der Waals surface area contributed by atoms with Crippen molar-refractivity contribution in [2.24, 2.45) is 0 Å². The average Bonchev–Trinajstić information content (AvgIpc) is 2.50. The number of nitrogens with zero attached hydrogens (tertiary/aromatic N) is 1. The Morgan fingerprint density at radius 3 is 2.38 bits per heavy atom. The Morgan fingerprint density at radius 1 is 1.19 bits per heavy atom. The van der Waals surface area contributed by atoms with E-state index in [1.807, 2.05) is 24.3 Å². The third-order valence-corrected chi connectivity index (χ3v) is 3.31. The molecule has 2 rings (SSSR count). The molecule has 0 aliphatic rings. The van der Waals surface area contributed by atoms with Crippen LogP contribution in [0.3, 0.4) is 0 Å². The van der Waals surface area contributed by atoms with Crippen molar-refractivity contribution in [1.29, 1.82) is 0 Å². The van der Waals surface area contributed by atoms with E-state index in [4.69, 9.17) is 0 Å². The fraction of sp³-hybridized carbons (Fsp3) is 0.250. The van der Waals surface area contributed by atoms with Crippen LogP contribution in [0.5, 0.6) is 5.75 Å². The third-order valence-electron chi connectivity index (χ3n) is 3.31. The fourth-order valence-corrected chi connectivity index (χ4v) is 2.12. The standard InChI is InChI=1S/C16H17NO4/c1-3-17(10-15(19)21-2)16(20)13-8-11-6-4-5-7-12(11)9-14(13)18/h4-9,18H,3,10H2,1-2H3. The van der Waals surface area contributed by atoms with E-state index >= 15 is 0 Å². The Morgan fingerprint density at radius 2 is 1.81 bits per heavy atom. The molecule has 0 radical (unpaired) electrons. The van der Waals surface area contributed by atoms with E-state index in [1.165, 1.54) is 12.0 Å². The van der Waals surface area contributed by atoms with Gasteiger partial charge in [0.25, 0.3) is 5.91 Å². The first-order valence-corrected chi connectivity index (χ1v) is 6.64. The molecule has 0 aromatic heterocycles. The highest BCUT2D eigenvalue weighted by Crippen LogP contribution is 2.26. The largest absolute Gasteiger partial charge is 0.507 e. The van der Waals surface area contributed by atoms with E-state index in [9.17, 15) is 14.7 Å². The summed E-state index contributed by atoms with van der Waals surface area (Å²) in [5.41, 5.74) is 0.180. The summed E-state index contributed by atoms with van der Waals surface area (Å²) in [7, 11) is 1.27. The van der Waals surface area contributed by atoms with E-state index in [0.717, 1.165) is 10.8 Å². The predicted octanol–water partition coefficient (Wildman–Crippen LogP) is 2.18. The maximum Gasteiger partial charge on any atom is 0.325 e. The van der Waals surface area contributed by atoms with Crippen molar-refractivity contribution in [2.75, 3.05) is 20.2 Å². The number of esters is 1. The van der Waals surface area contributed by atoms with E-state index in [1.54, 1.807) is 19.1 Å². The molecule has 0 atom stereocenters. The number of rotatable bonds is 4. The lowest BCUT2D eigenvalue weighted by Crippen LogP contribution is -2.36. The number of phenols is 1. The van der Waals surface area contributed by atoms with Gasteiger partial charge in [0.05, 0.1) is 12.7 Å². The van der Waals surface area contributed by atoms with Crippen LogP contribution in [0.1, 0.15) is 17.3 Å². The topological polar surface area (TPSA) is 66.8 Å². The van der Waals surface area contributed by atoms with Gasteiger partial charge in [0.2, 0.25) is 0 Å². The molecule has 1 N–H and O–H groups in total. The molecular weight excluding hydrogens is 270 g/mol. The van der Waals surface area contributed by atoms with Crippen LogP contribution in [0, 0.1) is 0 Å². The summed E-state index contributed by atoms with van der Waals surface area (Å²) in [5.74, 6) is -0.987. The Kier molecular flexibility index (Phi) is 4.42. The second kappa shape index (κ2) is 6.26. The first kappa shape index (κ1) is 14.8. The number of phenolic OH excluding ortho intramolecular Hbond substituents is 1. The van der Waals surface area contributed by atoms with Gasteiger partial charge in [-0.2, -0.15) is 0 Å². The van der Waals surface area contributed by atoms with Gasteiger partial charge in [0.15, 0.2) is 0 Å². The molecular formula is C16H17NO4. The molecule has 1 amide bonds. The van der Waals surface area contributed by atoms with Crippen LogP contribution in [-0.4, -0.2) is 42.1 Å². The molecule has 0 heterocycles. The van der Waals surface area contributed by atoms with E-state index < -0.39 is 11.9 Å². The summed E-state index contributed by atoms with van der Waals surface area (Å²) >= 11 is 0. The highest BCUT2D eigenvalue weighted by Gasteiger charge is 2.20. The van der Waals surface area contributed by atoms with Crippen molar-refractivity contribution in [3.05, 3.63) is 42.0 Å². The minimum atomic E-state index is -0.495. The number of benzene rings is 2. The molecule has 0 aliphatic heterocycles. The van der Waals surface area contributed by atoms with Crippen molar-refractivity contribution in [3.63, 3.8) is 0 Å². The number of hydrogen-bond donors (Lipinski definition) is 1. The Balaban J connectivity index is 2.37. The lowest BCUT2D eigenvalue weighted by Gasteiger charge is -2.20. The van der Waals surface area contributed by atoms with Crippen LogP contribution in [-0.2, 0) is 9.53 Å². The number of hydrogen-bond acceptors (Lipinski definition) is 4. The number of methoxy groups -OCH3 is 1. The third kappa shape index (κ3) is 3.13. The first-order chi connectivity index (χ1) is 10.1. The van der Waals surface area contributed by atoms with E-state index in [0.29, 0.717) is 6.54 Å². The molecule has 2 aromatic carbocycles. The minimum Gasteiger partial charge on any atom is -0.507 e. The minimum absolute atomic E-state index is 0.0954. The highest BCUT2D eigenvalue weighted by atomic mass is 16.5. The zero-order chi connectivity index (χ0) is 15.4. The van der Waals surface area contributed by atoms with Crippen LogP contribution in [0.4, 0.5) is 0 Å². The first-order valence-electron chi connectivity index (χ1n) is 6.64. The van der Waals surface area contributed by atoms with Gasteiger partial charge < -0.3 is 14.7 Å². The molecule has 0 unspecified atom stereocenters. The van der Waals surface area contributed by atoms with Gasteiger partial charge in [0.1, 0.15) is 12.3 Å². The Hall–Kier alpha value is -2.56. The highest BCUT2D eigenvalue weighted by molar-refractivity contribution is 6.02. The number of likely N-dealkylation sites (N-methyl/N-ethyl adjacent to an activating group) is 1. The molecule has 21 heavy (non-hydrogen) atoms. The van der Waals surface area contributed by atoms with Gasteiger partial charge in [-0.3, -0.25) is 9.59 Å². The Labute approximate surface area is 122 Å². The summed E-state index contributed by atoms with van der Waals surface area (Å²) in [5, 5.41) is 11.8. The molecule has 0 saturated heterocycles.